The maximum absolute atomic E-state index is 15.0. The van der Waals surface area contributed by atoms with Gasteiger partial charge in [0.25, 0.3) is 5.91 Å². The standard InChI is InChI=1S/C22H24ClFN4O3S/c1-12-9-13(23)11-26-18(12)19(29)27-14-6-7-16(24)15(10-14)22(3)17-5-4-8-21(2,20(25)28-22)32(17,30)31/h6-7,9-11,17H,4-5,8H2,1-3H3,(H2,25,28)(H,27,29)/t17-,21+,22+/m0/s1. The number of rotatable bonds is 3. The Morgan fingerprint density at radius 2 is 2.03 bits per heavy atom. The molecule has 0 saturated carbocycles. The predicted molar refractivity (Wildman–Crippen MR) is 122 cm³/mol. The van der Waals surface area contributed by atoms with Gasteiger partial charge in [0.15, 0.2) is 9.84 Å². The molecule has 4 rings (SSSR count). The maximum atomic E-state index is 15.0. The normalized spacial score (nSPS) is 28.7. The van der Waals surface area contributed by atoms with Gasteiger partial charge in [0.1, 0.15) is 27.6 Å². The van der Waals surface area contributed by atoms with Crippen molar-refractivity contribution in [1.29, 1.82) is 0 Å². The van der Waals surface area contributed by atoms with Crippen molar-refractivity contribution in [2.24, 2.45) is 10.7 Å². The van der Waals surface area contributed by atoms with Crippen LogP contribution in [0.15, 0.2) is 35.5 Å². The largest absolute Gasteiger partial charge is 0.386 e. The fourth-order valence-corrected chi connectivity index (χ4v) is 7.59. The number of hydrogen-bond acceptors (Lipinski definition) is 6. The lowest BCUT2D eigenvalue weighted by molar-refractivity contribution is 0.102. The summed E-state index contributed by atoms with van der Waals surface area (Å²) in [7, 11) is -3.71. The maximum Gasteiger partial charge on any atom is 0.274 e. The summed E-state index contributed by atoms with van der Waals surface area (Å²) in [5.41, 5.74) is 5.85. The van der Waals surface area contributed by atoms with Crippen LogP contribution in [0.4, 0.5) is 10.1 Å². The third-order valence-electron chi connectivity index (χ3n) is 6.67. The number of nitrogens with zero attached hydrogens (tertiary/aromatic N) is 2. The molecule has 2 aliphatic rings. The van der Waals surface area contributed by atoms with Gasteiger partial charge < -0.3 is 11.1 Å². The fraction of sp³-hybridized carbons (Fsp3) is 0.409. The van der Waals surface area contributed by atoms with E-state index in [0.717, 1.165) is 0 Å². The minimum absolute atomic E-state index is 0.00854. The number of nitrogens with one attached hydrogen (secondary N) is 1. The molecular formula is C22H24ClFN4O3S. The summed E-state index contributed by atoms with van der Waals surface area (Å²) >= 11 is 5.90. The molecule has 3 atom stereocenters. The van der Waals surface area contributed by atoms with Gasteiger partial charge in [0.05, 0.1) is 10.3 Å². The van der Waals surface area contributed by atoms with E-state index in [4.69, 9.17) is 17.3 Å². The van der Waals surface area contributed by atoms with E-state index in [1.807, 2.05) is 0 Å². The first kappa shape index (κ1) is 22.7. The molecular weight excluding hydrogens is 455 g/mol. The van der Waals surface area contributed by atoms with Crippen LogP contribution in [-0.2, 0) is 15.4 Å². The van der Waals surface area contributed by atoms with Crippen molar-refractivity contribution in [2.75, 3.05) is 5.32 Å². The first-order valence-electron chi connectivity index (χ1n) is 10.2. The molecule has 0 radical (unpaired) electrons. The summed E-state index contributed by atoms with van der Waals surface area (Å²) in [6, 6.07) is 5.63. The minimum atomic E-state index is -3.71. The Bertz CT molecular complexity index is 1270. The van der Waals surface area contributed by atoms with Crippen LogP contribution in [0, 0.1) is 12.7 Å². The van der Waals surface area contributed by atoms with Gasteiger partial charge in [-0.1, -0.05) is 18.0 Å². The van der Waals surface area contributed by atoms with E-state index in [2.05, 4.69) is 15.3 Å². The molecule has 170 valence electrons. The number of aromatic nitrogens is 1. The molecule has 2 aliphatic heterocycles. The van der Waals surface area contributed by atoms with Gasteiger partial charge in [-0.2, -0.15) is 0 Å². The topological polar surface area (TPSA) is 115 Å². The van der Waals surface area contributed by atoms with Crippen LogP contribution in [-0.4, -0.2) is 35.1 Å². The molecule has 1 aromatic carbocycles. The van der Waals surface area contributed by atoms with Gasteiger partial charge in [-0.05, 0) is 63.4 Å². The summed E-state index contributed by atoms with van der Waals surface area (Å²) in [6.45, 7) is 4.87. The number of sulfone groups is 1. The average Bonchev–Trinajstić information content (AvgIpc) is 2.70. The molecule has 1 aromatic heterocycles. The quantitative estimate of drug-likeness (QED) is 0.697. The van der Waals surface area contributed by atoms with Crippen molar-refractivity contribution in [2.45, 2.75) is 55.6 Å². The molecule has 1 amide bonds. The third kappa shape index (κ3) is 3.29. The number of carbonyl (C=O) groups excluding carboxylic acids is 1. The molecule has 0 aliphatic carbocycles. The average molecular weight is 479 g/mol. The van der Waals surface area contributed by atoms with Crippen LogP contribution < -0.4 is 11.1 Å². The molecule has 3 heterocycles. The van der Waals surface area contributed by atoms with Gasteiger partial charge >= 0.3 is 0 Å². The molecule has 0 unspecified atom stereocenters. The fourth-order valence-electron chi connectivity index (χ4n) is 4.73. The minimum Gasteiger partial charge on any atom is -0.386 e. The number of halogens is 2. The van der Waals surface area contributed by atoms with Crippen molar-refractivity contribution in [1.82, 2.24) is 4.98 Å². The summed E-state index contributed by atoms with van der Waals surface area (Å²) < 4.78 is 40.5. The Hall–Kier alpha value is -2.52. The number of anilines is 1. The number of aliphatic imine (C=N–C) groups is 1. The summed E-state index contributed by atoms with van der Waals surface area (Å²) in [5, 5.41) is 2.19. The first-order chi connectivity index (χ1) is 14.9. The van der Waals surface area contributed by atoms with Crippen LogP contribution in [0.5, 0.6) is 0 Å². The number of pyridine rings is 1. The van der Waals surface area contributed by atoms with E-state index < -0.39 is 37.1 Å². The predicted octanol–water partition coefficient (Wildman–Crippen LogP) is 3.75. The zero-order valence-corrected chi connectivity index (χ0v) is 19.5. The zero-order valence-electron chi connectivity index (χ0n) is 17.9. The molecule has 10 heteroatoms. The first-order valence-corrected chi connectivity index (χ1v) is 12.2. The van der Waals surface area contributed by atoms with Crippen LogP contribution in [0.1, 0.15) is 54.7 Å². The number of benzene rings is 1. The smallest absolute Gasteiger partial charge is 0.274 e. The lowest BCUT2D eigenvalue weighted by Gasteiger charge is -2.48. The SMILES string of the molecule is Cc1cc(Cl)cnc1C(=O)Nc1ccc(F)c([C@@]2(C)N=C(N)[C@@]3(C)CCC[C@@H]2S3(=O)=O)c1. The number of amidine groups is 1. The molecule has 2 aromatic rings. The summed E-state index contributed by atoms with van der Waals surface area (Å²) in [5.74, 6) is -1.12. The number of nitrogens with two attached hydrogens (primary N) is 1. The highest BCUT2D eigenvalue weighted by atomic mass is 35.5. The number of amides is 1. The summed E-state index contributed by atoms with van der Waals surface area (Å²) in [6.07, 6.45) is 2.76. The highest BCUT2D eigenvalue weighted by Crippen LogP contribution is 2.49. The Kier molecular flexibility index (Phi) is 5.33. The van der Waals surface area contributed by atoms with E-state index >= 15 is 4.39 Å². The number of carbonyl (C=O) groups is 1. The molecule has 0 spiro atoms. The van der Waals surface area contributed by atoms with Crippen molar-refractivity contribution in [3.63, 3.8) is 0 Å². The van der Waals surface area contributed by atoms with Crippen LogP contribution in [0.2, 0.25) is 5.02 Å². The molecule has 1 saturated heterocycles. The zero-order chi connectivity index (χ0) is 23.5. The van der Waals surface area contributed by atoms with E-state index in [0.29, 0.717) is 35.5 Å². The van der Waals surface area contributed by atoms with Gasteiger partial charge in [-0.25, -0.2) is 17.8 Å². The van der Waals surface area contributed by atoms with Gasteiger partial charge in [0, 0.05) is 17.4 Å². The summed E-state index contributed by atoms with van der Waals surface area (Å²) in [4.78, 5) is 21.3. The van der Waals surface area contributed by atoms with E-state index in [1.54, 1.807) is 26.8 Å². The highest BCUT2D eigenvalue weighted by molar-refractivity contribution is 7.94. The Balaban J connectivity index is 1.76. The molecule has 3 N–H and O–H groups in total. The van der Waals surface area contributed by atoms with Crippen molar-refractivity contribution < 1.29 is 17.6 Å². The number of hydrogen-bond donors (Lipinski definition) is 2. The van der Waals surface area contributed by atoms with Crippen molar-refractivity contribution >= 4 is 38.9 Å². The lowest BCUT2D eigenvalue weighted by Crippen LogP contribution is -2.63. The molecule has 7 nitrogen and oxygen atoms in total. The number of fused-ring (bicyclic) bond motifs is 2. The molecule has 1 fully saturated rings. The van der Waals surface area contributed by atoms with Gasteiger partial charge in [-0.3, -0.25) is 9.79 Å². The Labute approximate surface area is 191 Å². The van der Waals surface area contributed by atoms with E-state index in [-0.39, 0.29) is 17.1 Å². The second kappa shape index (κ2) is 7.52. The van der Waals surface area contributed by atoms with Gasteiger partial charge in [-0.15, -0.1) is 0 Å². The molecule has 2 bridgehead atoms. The molecule has 32 heavy (non-hydrogen) atoms. The monoisotopic (exact) mass is 478 g/mol. The van der Waals surface area contributed by atoms with Crippen LogP contribution in [0.25, 0.3) is 0 Å². The highest BCUT2D eigenvalue weighted by Gasteiger charge is 2.60. The van der Waals surface area contributed by atoms with Crippen molar-refractivity contribution in [3.8, 4) is 0 Å². The van der Waals surface area contributed by atoms with E-state index in [9.17, 15) is 13.2 Å². The van der Waals surface area contributed by atoms with Crippen LogP contribution in [0.3, 0.4) is 0 Å². The lowest BCUT2D eigenvalue weighted by atomic mass is 9.82. The second-order valence-electron chi connectivity index (χ2n) is 8.77. The Morgan fingerprint density at radius 3 is 2.72 bits per heavy atom. The van der Waals surface area contributed by atoms with Gasteiger partial charge in [0.2, 0.25) is 0 Å². The second-order valence-corrected chi connectivity index (χ2v) is 11.8. The van der Waals surface area contributed by atoms with Crippen LogP contribution >= 0.6 is 11.6 Å². The number of aryl methyl sites for hydroxylation is 1. The van der Waals surface area contributed by atoms with Crippen molar-refractivity contribution in [3.05, 3.63) is 58.1 Å². The Morgan fingerprint density at radius 1 is 1.31 bits per heavy atom. The third-order valence-corrected chi connectivity index (χ3v) is 9.99. The van der Waals surface area contributed by atoms with E-state index in [1.165, 1.54) is 24.4 Å².